The number of nitrogens with one attached hydrogen (secondary N) is 3. The molecule has 0 aliphatic carbocycles. The van der Waals surface area contributed by atoms with Crippen molar-refractivity contribution in [2.24, 2.45) is 0 Å². The van der Waals surface area contributed by atoms with Crippen molar-refractivity contribution < 1.29 is 22.8 Å². The summed E-state index contributed by atoms with van der Waals surface area (Å²) in [5.74, 6) is -0.609. The minimum atomic E-state index is -4.47. The van der Waals surface area contributed by atoms with Crippen LogP contribution in [0.3, 0.4) is 0 Å². The average molecular weight is 669 g/mol. The molecule has 3 aromatic carbocycles. The van der Waals surface area contributed by atoms with Gasteiger partial charge in [0, 0.05) is 40.5 Å². The Hall–Kier alpha value is -5.36. The highest BCUT2D eigenvalue weighted by Gasteiger charge is 2.58. The van der Waals surface area contributed by atoms with Crippen LogP contribution in [0.5, 0.6) is 0 Å². The number of rotatable bonds is 10. The molecule has 6 rings (SSSR count). The normalized spacial score (nSPS) is 17.5. The number of carbonyl (C=O) groups excluding carboxylic acids is 2. The fourth-order valence-electron chi connectivity index (χ4n) is 5.99. The van der Waals surface area contributed by atoms with Gasteiger partial charge in [-0.1, -0.05) is 50.2 Å². The Morgan fingerprint density at radius 2 is 1.21 bits per heavy atom. The SMILES string of the molecule is CC(c1ccnc(Nc2ccccc2)c1)C1(C(C)c2ccnc(Nc3ccccc3)c2)NC(=O)N(c2ccc(SC(F)(F)F)cc2)C1=O. The predicted molar refractivity (Wildman–Crippen MR) is 182 cm³/mol. The molecule has 1 aliphatic rings. The van der Waals surface area contributed by atoms with Crippen molar-refractivity contribution in [3.8, 4) is 0 Å². The van der Waals surface area contributed by atoms with E-state index in [-0.39, 0.29) is 22.3 Å². The number of benzene rings is 3. The molecule has 12 heteroatoms. The van der Waals surface area contributed by atoms with Crippen molar-refractivity contribution in [2.45, 2.75) is 41.6 Å². The van der Waals surface area contributed by atoms with Gasteiger partial charge in [-0.05, 0) is 95.7 Å². The van der Waals surface area contributed by atoms with Gasteiger partial charge in [-0.25, -0.2) is 19.7 Å². The second-order valence-corrected chi connectivity index (χ2v) is 12.5. The van der Waals surface area contributed by atoms with Crippen LogP contribution in [0.2, 0.25) is 0 Å². The summed E-state index contributed by atoms with van der Waals surface area (Å²) in [4.78, 5) is 38.4. The average Bonchev–Trinajstić information content (AvgIpc) is 3.35. The number of pyridine rings is 2. The summed E-state index contributed by atoms with van der Waals surface area (Å²) in [6, 6.07) is 30.8. The molecular formula is C36H31F3N6O2S. The molecule has 2 atom stereocenters. The molecule has 0 spiro atoms. The van der Waals surface area contributed by atoms with Crippen LogP contribution in [0, 0.1) is 0 Å². The van der Waals surface area contributed by atoms with Gasteiger partial charge in [-0.2, -0.15) is 13.2 Å². The van der Waals surface area contributed by atoms with Crippen LogP contribution in [0.1, 0.15) is 36.8 Å². The van der Waals surface area contributed by atoms with Crippen LogP contribution in [-0.4, -0.2) is 33.0 Å². The summed E-state index contributed by atoms with van der Waals surface area (Å²) in [7, 11) is 0. The molecule has 1 fully saturated rings. The Labute approximate surface area is 279 Å². The molecular weight excluding hydrogens is 637 g/mol. The van der Waals surface area contributed by atoms with E-state index in [1.807, 2.05) is 86.6 Å². The third-order valence-corrected chi connectivity index (χ3v) is 9.17. The lowest BCUT2D eigenvalue weighted by atomic mass is 9.70. The molecule has 1 saturated heterocycles. The number of amides is 3. The maximum atomic E-state index is 14.7. The molecule has 5 aromatic rings. The van der Waals surface area contributed by atoms with Gasteiger partial charge >= 0.3 is 11.5 Å². The van der Waals surface area contributed by atoms with Crippen LogP contribution in [0.4, 0.5) is 46.7 Å². The van der Waals surface area contributed by atoms with Crippen molar-refractivity contribution in [2.75, 3.05) is 15.5 Å². The number of anilines is 5. The minimum Gasteiger partial charge on any atom is -0.340 e. The van der Waals surface area contributed by atoms with Gasteiger partial charge in [0.25, 0.3) is 5.91 Å². The Bertz CT molecular complexity index is 1820. The van der Waals surface area contributed by atoms with Crippen molar-refractivity contribution in [1.82, 2.24) is 15.3 Å². The monoisotopic (exact) mass is 668 g/mol. The number of nitrogens with zero attached hydrogens (tertiary/aromatic N) is 3. The molecule has 1 aliphatic heterocycles. The summed E-state index contributed by atoms with van der Waals surface area (Å²) in [6.45, 7) is 3.74. The number of halogens is 3. The van der Waals surface area contributed by atoms with Gasteiger partial charge < -0.3 is 16.0 Å². The molecule has 2 aromatic heterocycles. The molecule has 3 N–H and O–H groups in total. The lowest BCUT2D eigenvalue weighted by Crippen LogP contribution is -2.55. The van der Waals surface area contributed by atoms with Crippen LogP contribution < -0.4 is 20.9 Å². The maximum Gasteiger partial charge on any atom is 0.446 e. The second-order valence-electron chi connectivity index (χ2n) is 11.4. The van der Waals surface area contributed by atoms with Crippen LogP contribution in [0.15, 0.2) is 126 Å². The Morgan fingerprint density at radius 1 is 0.729 bits per heavy atom. The zero-order valence-corrected chi connectivity index (χ0v) is 26.7. The van der Waals surface area contributed by atoms with Gasteiger partial charge in [-0.3, -0.25) is 4.79 Å². The van der Waals surface area contributed by atoms with Gasteiger partial charge in [0.1, 0.15) is 17.2 Å². The predicted octanol–water partition coefficient (Wildman–Crippen LogP) is 8.98. The van der Waals surface area contributed by atoms with Crippen molar-refractivity contribution in [3.63, 3.8) is 0 Å². The quantitative estimate of drug-likeness (QED) is 0.101. The molecule has 0 saturated carbocycles. The summed E-state index contributed by atoms with van der Waals surface area (Å²) >= 11 is -0.266. The number of hydrogen-bond acceptors (Lipinski definition) is 7. The van der Waals surface area contributed by atoms with E-state index in [9.17, 15) is 22.8 Å². The van der Waals surface area contributed by atoms with Crippen LogP contribution >= 0.6 is 11.8 Å². The molecule has 0 bridgehead atoms. The highest BCUT2D eigenvalue weighted by Crippen LogP contribution is 2.46. The van der Waals surface area contributed by atoms with Crippen molar-refractivity contribution >= 4 is 52.4 Å². The molecule has 8 nitrogen and oxygen atoms in total. The first-order valence-electron chi connectivity index (χ1n) is 15.1. The Balaban J connectivity index is 1.39. The topological polar surface area (TPSA) is 99.2 Å². The smallest absolute Gasteiger partial charge is 0.340 e. The number of alkyl halides is 3. The summed E-state index contributed by atoms with van der Waals surface area (Å²) in [5, 5.41) is 9.58. The maximum absolute atomic E-state index is 14.7. The number of aromatic nitrogens is 2. The van der Waals surface area contributed by atoms with Gasteiger partial charge in [-0.15, -0.1) is 0 Å². The van der Waals surface area contributed by atoms with Crippen LogP contribution in [-0.2, 0) is 4.79 Å². The van der Waals surface area contributed by atoms with Gasteiger partial charge in [0.2, 0.25) is 0 Å². The Kier molecular flexibility index (Phi) is 9.09. The number of imide groups is 1. The van der Waals surface area contributed by atoms with E-state index in [0.717, 1.165) is 27.4 Å². The zero-order valence-electron chi connectivity index (χ0n) is 25.9. The van der Waals surface area contributed by atoms with Gasteiger partial charge in [0.05, 0.1) is 5.69 Å². The standard InChI is InChI=1S/C36H31F3N6O2S/c1-23(25-17-19-40-31(21-25)42-27-9-5-3-6-10-27)35(24(2)26-18-20-41-32(22-26)43-28-11-7-4-8-12-28)33(46)45(34(47)44-35)29-13-15-30(16-14-29)48-36(37,38)39/h3-24H,1-2H3,(H,40,42)(H,41,43)(H,44,47). The first kappa shape index (κ1) is 32.6. The van der Waals surface area contributed by atoms with E-state index < -0.39 is 34.8 Å². The summed E-state index contributed by atoms with van der Waals surface area (Å²) < 4.78 is 39.0. The third kappa shape index (κ3) is 6.84. The van der Waals surface area contributed by atoms with E-state index in [2.05, 4.69) is 25.9 Å². The molecule has 0 radical (unpaired) electrons. The molecule has 3 amide bonds. The largest absolute Gasteiger partial charge is 0.446 e. The number of urea groups is 1. The van der Waals surface area contributed by atoms with E-state index in [1.165, 1.54) is 24.3 Å². The van der Waals surface area contributed by atoms with Crippen molar-refractivity contribution in [1.29, 1.82) is 0 Å². The van der Waals surface area contributed by atoms with E-state index in [4.69, 9.17) is 0 Å². The van der Waals surface area contributed by atoms with Crippen molar-refractivity contribution in [3.05, 3.63) is 133 Å². The second kappa shape index (κ2) is 13.4. The number of carbonyl (C=O) groups is 2. The highest BCUT2D eigenvalue weighted by atomic mass is 32.2. The molecule has 3 heterocycles. The zero-order chi connectivity index (χ0) is 33.9. The first-order valence-corrected chi connectivity index (χ1v) is 15.9. The van der Waals surface area contributed by atoms with E-state index in [0.29, 0.717) is 11.6 Å². The number of thioether (sulfide) groups is 1. The summed E-state index contributed by atoms with van der Waals surface area (Å²) in [6.07, 6.45) is 3.28. The number of para-hydroxylation sites is 2. The summed E-state index contributed by atoms with van der Waals surface area (Å²) in [5.41, 5.74) is -2.69. The highest BCUT2D eigenvalue weighted by molar-refractivity contribution is 8.00. The van der Waals surface area contributed by atoms with E-state index >= 15 is 0 Å². The first-order chi connectivity index (χ1) is 23.0. The fourth-order valence-corrected chi connectivity index (χ4v) is 6.53. The van der Waals surface area contributed by atoms with Crippen LogP contribution in [0.25, 0.3) is 0 Å². The lowest BCUT2D eigenvalue weighted by molar-refractivity contribution is -0.123. The molecule has 48 heavy (non-hydrogen) atoms. The minimum absolute atomic E-state index is 0.0586. The van der Waals surface area contributed by atoms with Gasteiger partial charge in [0.15, 0.2) is 0 Å². The Morgan fingerprint density at radius 3 is 1.67 bits per heavy atom. The fraction of sp³-hybridized carbons (Fsp3) is 0.167. The third-order valence-electron chi connectivity index (χ3n) is 8.43. The molecule has 2 unspecified atom stereocenters. The molecule has 244 valence electrons. The lowest BCUT2D eigenvalue weighted by Gasteiger charge is -2.39. The number of hydrogen-bond donors (Lipinski definition) is 3. The van der Waals surface area contributed by atoms with E-state index in [1.54, 1.807) is 24.5 Å².